The van der Waals surface area contributed by atoms with Gasteiger partial charge in [-0.1, -0.05) is 0 Å². The maximum atomic E-state index is 12.6. The van der Waals surface area contributed by atoms with Crippen molar-refractivity contribution in [3.63, 3.8) is 0 Å². The fourth-order valence-corrected chi connectivity index (χ4v) is 2.35. The Hall–Kier alpha value is -1.99. The van der Waals surface area contributed by atoms with E-state index in [1.54, 1.807) is 4.90 Å². The molecule has 1 aromatic rings. The average Bonchev–Trinajstić information content (AvgIpc) is 2.46. The van der Waals surface area contributed by atoms with Gasteiger partial charge in [-0.05, 0) is 25.0 Å². The van der Waals surface area contributed by atoms with E-state index in [4.69, 9.17) is 5.73 Å². The molecule has 1 aromatic heterocycles. The quantitative estimate of drug-likeness (QED) is 0.849. The predicted molar refractivity (Wildman–Crippen MR) is 71.0 cm³/mol. The summed E-state index contributed by atoms with van der Waals surface area (Å²) in [6, 6.07) is 2.93. The van der Waals surface area contributed by atoms with Crippen molar-refractivity contribution in [3.05, 3.63) is 17.8 Å². The van der Waals surface area contributed by atoms with Crippen molar-refractivity contribution in [2.24, 2.45) is 5.92 Å². The van der Waals surface area contributed by atoms with Crippen LogP contribution in [-0.2, 0) is 4.74 Å². The zero-order valence-electron chi connectivity index (χ0n) is 11.5. The van der Waals surface area contributed by atoms with Gasteiger partial charge in [0.15, 0.2) is 11.5 Å². The maximum Gasteiger partial charge on any atom is 0.391 e. The summed E-state index contributed by atoms with van der Waals surface area (Å²) in [5, 5.41) is 0. The Morgan fingerprint density at radius 3 is 2.52 bits per heavy atom. The van der Waals surface area contributed by atoms with Crippen molar-refractivity contribution in [2.45, 2.75) is 19.0 Å². The second-order valence-corrected chi connectivity index (χ2v) is 4.90. The number of pyridine rings is 1. The standard InChI is InChI=1S/C13H16F3N3O2/c1-21-12(20)10-3-2-9(17)11(18-10)19-6-4-8(5-7-19)13(14,15)16/h2-3,8H,4-7,17H2,1H3. The van der Waals surface area contributed by atoms with Crippen molar-refractivity contribution in [1.29, 1.82) is 0 Å². The number of alkyl halides is 3. The molecule has 2 N–H and O–H groups in total. The highest BCUT2D eigenvalue weighted by Crippen LogP contribution is 2.36. The van der Waals surface area contributed by atoms with Gasteiger partial charge in [-0.15, -0.1) is 0 Å². The number of rotatable bonds is 2. The first-order valence-electron chi connectivity index (χ1n) is 6.49. The number of carbonyl (C=O) groups is 1. The maximum absolute atomic E-state index is 12.6. The van der Waals surface area contributed by atoms with Crippen molar-refractivity contribution >= 4 is 17.5 Å². The highest BCUT2D eigenvalue weighted by Gasteiger charge is 2.41. The van der Waals surface area contributed by atoms with Crippen LogP contribution in [0.4, 0.5) is 24.7 Å². The lowest BCUT2D eigenvalue weighted by atomic mass is 9.96. The normalized spacial score (nSPS) is 16.9. The van der Waals surface area contributed by atoms with Crippen LogP contribution in [0, 0.1) is 5.92 Å². The molecule has 21 heavy (non-hydrogen) atoms. The van der Waals surface area contributed by atoms with Crippen LogP contribution in [0.3, 0.4) is 0 Å². The second kappa shape index (κ2) is 5.79. The van der Waals surface area contributed by atoms with Crippen LogP contribution in [0.5, 0.6) is 0 Å². The summed E-state index contributed by atoms with van der Waals surface area (Å²) in [7, 11) is 1.23. The van der Waals surface area contributed by atoms with E-state index in [0.29, 0.717) is 11.5 Å². The Kier molecular flexibility index (Phi) is 4.24. The van der Waals surface area contributed by atoms with E-state index >= 15 is 0 Å². The minimum Gasteiger partial charge on any atom is -0.464 e. The molecule has 0 atom stereocenters. The molecule has 116 valence electrons. The number of nitrogen functional groups attached to an aromatic ring is 1. The van der Waals surface area contributed by atoms with Gasteiger partial charge >= 0.3 is 12.1 Å². The summed E-state index contributed by atoms with van der Waals surface area (Å²) in [5.74, 6) is -1.57. The first-order chi connectivity index (χ1) is 9.82. The Bertz CT molecular complexity index is 526. The minimum atomic E-state index is -4.17. The molecule has 0 radical (unpaired) electrons. The van der Waals surface area contributed by atoms with Crippen molar-refractivity contribution in [3.8, 4) is 0 Å². The molecular weight excluding hydrogens is 287 g/mol. The molecular formula is C13H16F3N3O2. The van der Waals surface area contributed by atoms with Gasteiger partial charge in [-0.2, -0.15) is 13.2 Å². The smallest absolute Gasteiger partial charge is 0.391 e. The molecule has 5 nitrogen and oxygen atoms in total. The predicted octanol–water partition coefficient (Wildman–Crippen LogP) is 2.23. The molecule has 0 bridgehead atoms. The van der Waals surface area contributed by atoms with E-state index < -0.39 is 18.1 Å². The third-order valence-electron chi connectivity index (χ3n) is 3.56. The number of hydrogen-bond donors (Lipinski definition) is 1. The number of aromatic nitrogens is 1. The van der Waals surface area contributed by atoms with Gasteiger partial charge < -0.3 is 15.4 Å². The molecule has 0 unspecified atom stereocenters. The zero-order valence-corrected chi connectivity index (χ0v) is 11.5. The number of piperidine rings is 1. The molecule has 1 aliphatic rings. The van der Waals surface area contributed by atoms with Gasteiger partial charge in [0.2, 0.25) is 0 Å². The fourth-order valence-electron chi connectivity index (χ4n) is 2.35. The van der Waals surface area contributed by atoms with Crippen LogP contribution in [0.1, 0.15) is 23.3 Å². The summed E-state index contributed by atoms with van der Waals surface area (Å²) in [4.78, 5) is 17.2. The topological polar surface area (TPSA) is 68.5 Å². The van der Waals surface area contributed by atoms with Gasteiger partial charge in [0.25, 0.3) is 0 Å². The monoisotopic (exact) mass is 303 g/mol. The van der Waals surface area contributed by atoms with Crippen LogP contribution < -0.4 is 10.6 Å². The Morgan fingerprint density at radius 1 is 1.38 bits per heavy atom. The second-order valence-electron chi connectivity index (χ2n) is 4.90. The number of nitrogens with zero attached hydrogens (tertiary/aromatic N) is 2. The molecule has 1 saturated heterocycles. The van der Waals surface area contributed by atoms with Gasteiger partial charge in [0.1, 0.15) is 0 Å². The summed E-state index contributed by atoms with van der Waals surface area (Å²) in [6.45, 7) is 0.401. The summed E-state index contributed by atoms with van der Waals surface area (Å²) < 4.78 is 42.5. The van der Waals surface area contributed by atoms with Gasteiger partial charge in [-0.3, -0.25) is 0 Å². The van der Waals surface area contributed by atoms with E-state index in [1.807, 2.05) is 0 Å². The highest BCUT2D eigenvalue weighted by molar-refractivity contribution is 5.88. The highest BCUT2D eigenvalue weighted by atomic mass is 19.4. The van der Waals surface area contributed by atoms with Crippen LogP contribution >= 0.6 is 0 Å². The number of esters is 1. The number of halogens is 3. The number of methoxy groups -OCH3 is 1. The lowest BCUT2D eigenvalue weighted by Gasteiger charge is -2.34. The largest absolute Gasteiger partial charge is 0.464 e. The molecule has 1 fully saturated rings. The van der Waals surface area contributed by atoms with E-state index in [9.17, 15) is 18.0 Å². The molecule has 0 aromatic carbocycles. The number of carbonyl (C=O) groups excluding carboxylic acids is 1. The van der Waals surface area contributed by atoms with Gasteiger partial charge in [0, 0.05) is 13.1 Å². The summed E-state index contributed by atoms with van der Waals surface area (Å²) >= 11 is 0. The average molecular weight is 303 g/mol. The SMILES string of the molecule is COC(=O)c1ccc(N)c(N2CCC(C(F)(F)F)CC2)n1. The number of hydrogen-bond acceptors (Lipinski definition) is 5. The third kappa shape index (κ3) is 3.37. The molecule has 0 saturated carbocycles. The van der Waals surface area contributed by atoms with Gasteiger partial charge in [-0.25, -0.2) is 9.78 Å². The molecule has 8 heteroatoms. The van der Waals surface area contributed by atoms with Crippen molar-refractivity contribution in [1.82, 2.24) is 4.98 Å². The third-order valence-corrected chi connectivity index (χ3v) is 3.56. The Balaban J connectivity index is 2.15. The van der Waals surface area contributed by atoms with Gasteiger partial charge in [0.05, 0.1) is 18.7 Å². The first-order valence-corrected chi connectivity index (χ1v) is 6.49. The molecule has 0 amide bonds. The summed E-state index contributed by atoms with van der Waals surface area (Å²) in [5.41, 5.74) is 6.21. The first kappa shape index (κ1) is 15.4. The van der Waals surface area contributed by atoms with Crippen LogP contribution in [0.2, 0.25) is 0 Å². The van der Waals surface area contributed by atoms with E-state index in [0.717, 1.165) is 0 Å². The van der Waals surface area contributed by atoms with Crippen molar-refractivity contribution in [2.75, 3.05) is 30.8 Å². The Labute approximate surface area is 119 Å². The molecule has 0 spiro atoms. The number of nitrogens with two attached hydrogens (primary N) is 1. The lowest BCUT2D eigenvalue weighted by molar-refractivity contribution is -0.179. The van der Waals surface area contributed by atoms with E-state index in [-0.39, 0.29) is 31.6 Å². The lowest BCUT2D eigenvalue weighted by Crippen LogP contribution is -2.39. The Morgan fingerprint density at radius 2 is 2.00 bits per heavy atom. The summed E-state index contributed by atoms with van der Waals surface area (Å²) in [6.07, 6.45) is -4.18. The molecule has 1 aliphatic heterocycles. The number of ether oxygens (including phenoxy) is 1. The fraction of sp³-hybridized carbons (Fsp3) is 0.538. The van der Waals surface area contributed by atoms with Crippen LogP contribution in [-0.4, -0.2) is 37.3 Å². The van der Waals surface area contributed by atoms with E-state index in [1.165, 1.54) is 19.2 Å². The van der Waals surface area contributed by atoms with E-state index in [2.05, 4.69) is 9.72 Å². The van der Waals surface area contributed by atoms with Crippen LogP contribution in [0.15, 0.2) is 12.1 Å². The molecule has 2 rings (SSSR count). The van der Waals surface area contributed by atoms with Crippen molar-refractivity contribution < 1.29 is 22.7 Å². The zero-order chi connectivity index (χ0) is 15.6. The minimum absolute atomic E-state index is 0.00687. The molecule has 2 heterocycles. The number of anilines is 2. The molecule has 0 aliphatic carbocycles. The van der Waals surface area contributed by atoms with Crippen LogP contribution in [0.25, 0.3) is 0 Å².